The first-order chi connectivity index (χ1) is 18.4. The van der Waals surface area contributed by atoms with Crippen molar-refractivity contribution in [3.8, 4) is 5.75 Å². The highest BCUT2D eigenvalue weighted by Gasteiger charge is 2.37. The van der Waals surface area contributed by atoms with Gasteiger partial charge in [-0.05, 0) is 44.0 Å². The van der Waals surface area contributed by atoms with Crippen LogP contribution in [0.4, 0.5) is 5.69 Å². The molecule has 0 N–H and O–H groups in total. The van der Waals surface area contributed by atoms with E-state index < -0.39 is 12.0 Å². The van der Waals surface area contributed by atoms with Crippen molar-refractivity contribution in [2.45, 2.75) is 39.7 Å². The van der Waals surface area contributed by atoms with Crippen molar-refractivity contribution >= 4 is 34.5 Å². The summed E-state index contributed by atoms with van der Waals surface area (Å²) >= 11 is 1.18. The number of amides is 1. The number of esters is 1. The smallest absolute Gasteiger partial charge is 0.338 e. The Balaban J connectivity index is 1.77. The summed E-state index contributed by atoms with van der Waals surface area (Å²) < 4.78 is 12.5. The standard InChI is InChI=1S/C29H29N3O5S/c1-5-7-16-31-21-11-9-8-10-20(21)23(26(31)33)25-27(34)32-24(18-12-14-19(36-4)15-13-18)22(28(35)37-6-2)17(3)30-29(32)38-25/h8-15,24H,5-7,16H2,1-4H3/b25-23-/t24-/m1/s1. The number of carbonyl (C=O) groups excluding carboxylic acids is 2. The molecule has 9 heteroatoms. The molecule has 2 aliphatic rings. The number of anilines is 1. The van der Waals surface area contributed by atoms with Crippen molar-refractivity contribution in [2.24, 2.45) is 4.99 Å². The maximum atomic E-state index is 14.1. The highest BCUT2D eigenvalue weighted by atomic mass is 32.1. The predicted octanol–water partition coefficient (Wildman–Crippen LogP) is 3.32. The lowest BCUT2D eigenvalue weighted by atomic mass is 9.96. The Labute approximate surface area is 224 Å². The lowest BCUT2D eigenvalue weighted by molar-refractivity contribution is -0.139. The fourth-order valence-electron chi connectivity index (χ4n) is 4.98. The van der Waals surface area contributed by atoms with Crippen molar-refractivity contribution in [2.75, 3.05) is 25.2 Å². The number of rotatable bonds is 7. The van der Waals surface area contributed by atoms with Gasteiger partial charge in [0.2, 0.25) is 0 Å². The molecule has 5 rings (SSSR count). The van der Waals surface area contributed by atoms with Gasteiger partial charge in [0.25, 0.3) is 11.5 Å². The summed E-state index contributed by atoms with van der Waals surface area (Å²) in [5, 5.41) is 0. The fourth-order valence-corrected chi connectivity index (χ4v) is 6.12. The van der Waals surface area contributed by atoms with Crippen molar-refractivity contribution in [3.63, 3.8) is 0 Å². The maximum absolute atomic E-state index is 14.1. The van der Waals surface area contributed by atoms with Crippen LogP contribution in [0.15, 0.2) is 69.6 Å². The van der Waals surface area contributed by atoms with Crippen molar-refractivity contribution in [1.82, 2.24) is 4.57 Å². The van der Waals surface area contributed by atoms with Gasteiger partial charge in [-0.2, -0.15) is 0 Å². The molecule has 0 spiro atoms. The van der Waals surface area contributed by atoms with E-state index in [1.807, 2.05) is 36.4 Å². The first-order valence-corrected chi connectivity index (χ1v) is 13.5. The van der Waals surface area contributed by atoms with Gasteiger partial charge in [0.1, 0.15) is 10.3 Å². The van der Waals surface area contributed by atoms with Crippen LogP contribution in [0.25, 0.3) is 5.57 Å². The highest BCUT2D eigenvalue weighted by molar-refractivity contribution is 7.07. The monoisotopic (exact) mass is 531 g/mol. The van der Waals surface area contributed by atoms with Crippen molar-refractivity contribution < 1.29 is 19.1 Å². The molecule has 0 bridgehead atoms. The van der Waals surface area contributed by atoms with E-state index in [4.69, 9.17) is 9.47 Å². The van der Waals surface area contributed by atoms with Gasteiger partial charge in [-0.3, -0.25) is 14.2 Å². The van der Waals surface area contributed by atoms with E-state index in [1.54, 1.807) is 38.0 Å². The summed E-state index contributed by atoms with van der Waals surface area (Å²) in [6.07, 6.45) is 1.80. The molecular formula is C29H29N3O5S. The molecule has 38 heavy (non-hydrogen) atoms. The van der Waals surface area contributed by atoms with Gasteiger partial charge in [-0.15, -0.1) is 0 Å². The largest absolute Gasteiger partial charge is 0.497 e. The van der Waals surface area contributed by atoms with Crippen molar-refractivity contribution in [3.05, 3.63) is 90.6 Å². The topological polar surface area (TPSA) is 90.2 Å². The number of thiazole rings is 1. The number of aromatic nitrogens is 1. The SMILES string of the molecule is CCCCN1C(=O)/C(=c2\sc3n(c2=O)[C@H](c2ccc(OC)cc2)C(C(=O)OCC)=C(C)N=3)c2ccccc21. The Morgan fingerprint density at radius 2 is 1.82 bits per heavy atom. The molecular weight excluding hydrogens is 502 g/mol. The normalized spacial score (nSPS) is 17.7. The van der Waals surface area contributed by atoms with Gasteiger partial charge in [0, 0.05) is 12.1 Å². The Kier molecular flexibility index (Phi) is 7.03. The van der Waals surface area contributed by atoms with Crippen LogP contribution in [0.2, 0.25) is 0 Å². The molecule has 0 fully saturated rings. The van der Waals surface area contributed by atoms with Crippen LogP contribution >= 0.6 is 11.3 Å². The molecule has 0 aliphatic carbocycles. The zero-order chi connectivity index (χ0) is 27.0. The summed E-state index contributed by atoms with van der Waals surface area (Å²) in [6.45, 7) is 6.33. The molecule has 0 unspecified atom stereocenters. The molecule has 2 aliphatic heterocycles. The average Bonchev–Trinajstić information content (AvgIpc) is 3.38. The quantitative estimate of drug-likeness (QED) is 0.437. The van der Waals surface area contributed by atoms with Crippen LogP contribution in [-0.2, 0) is 14.3 Å². The number of para-hydroxylation sites is 1. The van der Waals surface area contributed by atoms with E-state index in [-0.39, 0.29) is 18.1 Å². The molecule has 8 nitrogen and oxygen atoms in total. The van der Waals surface area contributed by atoms with Gasteiger partial charge in [0.05, 0.1) is 42.3 Å². The molecule has 1 amide bonds. The number of methoxy groups -OCH3 is 1. The summed E-state index contributed by atoms with van der Waals surface area (Å²) in [4.78, 5) is 47.8. The Morgan fingerprint density at radius 1 is 1.08 bits per heavy atom. The van der Waals surface area contributed by atoms with E-state index in [0.717, 1.165) is 24.1 Å². The van der Waals surface area contributed by atoms with Gasteiger partial charge in [-0.1, -0.05) is 55.0 Å². The van der Waals surface area contributed by atoms with E-state index in [2.05, 4.69) is 11.9 Å². The Hall–Kier alpha value is -3.98. The summed E-state index contributed by atoms with van der Waals surface area (Å²) in [5.74, 6) is -0.0603. The van der Waals surface area contributed by atoms with Gasteiger partial charge < -0.3 is 14.4 Å². The van der Waals surface area contributed by atoms with Crippen LogP contribution in [0.5, 0.6) is 5.75 Å². The molecule has 196 valence electrons. The number of hydrogen-bond donors (Lipinski definition) is 0. The van der Waals surface area contributed by atoms with Gasteiger partial charge >= 0.3 is 5.97 Å². The number of fused-ring (bicyclic) bond motifs is 2. The Morgan fingerprint density at radius 3 is 2.50 bits per heavy atom. The van der Waals surface area contributed by atoms with Crippen LogP contribution in [0, 0.1) is 0 Å². The molecule has 0 saturated heterocycles. The Bertz CT molecular complexity index is 1630. The van der Waals surface area contributed by atoms with Gasteiger partial charge in [0.15, 0.2) is 4.80 Å². The number of benzene rings is 2. The molecule has 0 saturated carbocycles. The number of unbranched alkanes of at least 4 members (excludes halogenated alkanes) is 1. The summed E-state index contributed by atoms with van der Waals surface area (Å²) in [6, 6.07) is 14.0. The maximum Gasteiger partial charge on any atom is 0.338 e. The second-order valence-corrected chi connectivity index (χ2v) is 10.1. The van der Waals surface area contributed by atoms with Crippen LogP contribution in [0.1, 0.15) is 50.8 Å². The number of ether oxygens (including phenoxy) is 2. The summed E-state index contributed by atoms with van der Waals surface area (Å²) in [5.41, 5.74) is 3.05. The number of nitrogens with zero attached hydrogens (tertiary/aromatic N) is 3. The molecule has 3 aromatic rings. The van der Waals surface area contributed by atoms with Crippen LogP contribution in [-0.4, -0.2) is 36.7 Å². The first-order valence-electron chi connectivity index (χ1n) is 12.7. The molecule has 3 heterocycles. The number of allylic oxidation sites excluding steroid dienone is 1. The molecule has 0 radical (unpaired) electrons. The minimum atomic E-state index is -0.756. The van der Waals surface area contributed by atoms with E-state index >= 15 is 0 Å². The second kappa shape index (κ2) is 10.4. The minimum Gasteiger partial charge on any atom is -0.497 e. The number of hydrogen-bond acceptors (Lipinski definition) is 7. The zero-order valence-corrected chi connectivity index (χ0v) is 22.6. The lowest BCUT2D eigenvalue weighted by Gasteiger charge is -2.24. The summed E-state index contributed by atoms with van der Waals surface area (Å²) in [7, 11) is 1.58. The van der Waals surface area contributed by atoms with Crippen molar-refractivity contribution in [1.29, 1.82) is 0 Å². The predicted molar refractivity (Wildman–Crippen MR) is 146 cm³/mol. The third kappa shape index (κ3) is 4.16. The molecule has 2 aromatic carbocycles. The molecule has 1 atom stereocenters. The average molecular weight is 532 g/mol. The zero-order valence-electron chi connectivity index (χ0n) is 21.8. The lowest BCUT2D eigenvalue weighted by Crippen LogP contribution is -2.41. The molecule has 1 aromatic heterocycles. The third-order valence-electron chi connectivity index (χ3n) is 6.81. The van der Waals surface area contributed by atoms with E-state index in [1.165, 1.54) is 15.9 Å². The van der Waals surface area contributed by atoms with Gasteiger partial charge in [-0.25, -0.2) is 9.79 Å². The van der Waals surface area contributed by atoms with Crippen LogP contribution in [0.3, 0.4) is 0 Å². The first kappa shape index (κ1) is 25.7. The number of carbonyl (C=O) groups is 2. The van der Waals surface area contributed by atoms with E-state index in [9.17, 15) is 14.4 Å². The van der Waals surface area contributed by atoms with Crippen LogP contribution < -0.4 is 24.5 Å². The van der Waals surface area contributed by atoms with E-state index in [0.29, 0.717) is 44.0 Å². The second-order valence-electron chi connectivity index (χ2n) is 9.10. The fraction of sp³-hybridized carbons (Fsp3) is 0.310. The highest BCUT2D eigenvalue weighted by Crippen LogP contribution is 2.36. The third-order valence-corrected chi connectivity index (χ3v) is 7.86. The minimum absolute atomic E-state index is 0.188.